The smallest absolute Gasteiger partial charge is 0.257 e. The molecule has 0 spiro atoms. The molecule has 7 heteroatoms. The summed E-state index contributed by atoms with van der Waals surface area (Å²) in [5.41, 5.74) is 1.51. The van der Waals surface area contributed by atoms with Gasteiger partial charge in [-0.15, -0.1) is 0 Å². The molecular formula is C21H18ClN3O3. The maximum atomic E-state index is 12.6. The summed E-state index contributed by atoms with van der Waals surface area (Å²) in [6.07, 6.45) is 2.78. The number of ether oxygens (including phenoxy) is 1. The number of carbonyl (C=O) groups excluding carboxylic acids is 2. The number of aromatic nitrogens is 1. The van der Waals surface area contributed by atoms with Crippen molar-refractivity contribution in [2.45, 2.75) is 6.92 Å². The Labute approximate surface area is 167 Å². The van der Waals surface area contributed by atoms with Crippen LogP contribution in [0.25, 0.3) is 0 Å². The van der Waals surface area contributed by atoms with E-state index in [2.05, 4.69) is 15.6 Å². The average Bonchev–Trinajstić information content (AvgIpc) is 2.71. The van der Waals surface area contributed by atoms with E-state index in [1.807, 2.05) is 13.0 Å². The van der Waals surface area contributed by atoms with Gasteiger partial charge in [-0.2, -0.15) is 0 Å². The summed E-state index contributed by atoms with van der Waals surface area (Å²) in [7, 11) is 0. The first kappa shape index (κ1) is 19.4. The summed E-state index contributed by atoms with van der Waals surface area (Å²) < 4.78 is 5.51. The van der Waals surface area contributed by atoms with Crippen LogP contribution in [0.5, 0.6) is 5.75 Å². The van der Waals surface area contributed by atoms with Crippen LogP contribution < -0.4 is 15.4 Å². The average molecular weight is 396 g/mol. The second-order valence-electron chi connectivity index (χ2n) is 5.78. The highest BCUT2D eigenvalue weighted by Crippen LogP contribution is 2.24. The van der Waals surface area contributed by atoms with Crippen LogP contribution in [0.1, 0.15) is 27.6 Å². The van der Waals surface area contributed by atoms with Crippen molar-refractivity contribution < 1.29 is 14.3 Å². The molecule has 0 atom stereocenters. The fraction of sp³-hybridized carbons (Fsp3) is 0.0952. The van der Waals surface area contributed by atoms with Gasteiger partial charge in [0.2, 0.25) is 0 Å². The lowest BCUT2D eigenvalue weighted by Gasteiger charge is -2.11. The van der Waals surface area contributed by atoms with Crippen molar-refractivity contribution in [2.75, 3.05) is 17.2 Å². The van der Waals surface area contributed by atoms with Gasteiger partial charge in [-0.25, -0.2) is 0 Å². The summed E-state index contributed by atoms with van der Waals surface area (Å²) in [5, 5.41) is 5.91. The number of nitrogens with one attached hydrogen (secondary N) is 2. The molecule has 3 aromatic rings. The van der Waals surface area contributed by atoms with Crippen LogP contribution in [-0.4, -0.2) is 23.4 Å². The van der Waals surface area contributed by atoms with Gasteiger partial charge in [0.1, 0.15) is 5.75 Å². The minimum Gasteiger partial charge on any atom is -0.492 e. The van der Waals surface area contributed by atoms with Crippen LogP contribution in [0, 0.1) is 0 Å². The molecule has 0 saturated heterocycles. The number of amides is 2. The third kappa shape index (κ3) is 4.66. The van der Waals surface area contributed by atoms with Crippen molar-refractivity contribution in [3.63, 3.8) is 0 Å². The summed E-state index contributed by atoms with van der Waals surface area (Å²) >= 11 is 6.06. The second-order valence-corrected chi connectivity index (χ2v) is 6.19. The fourth-order valence-corrected chi connectivity index (χ4v) is 2.67. The van der Waals surface area contributed by atoms with E-state index in [1.165, 1.54) is 18.5 Å². The SMILES string of the molecule is CCOc1ccccc1NC(=O)c1cncc(C(=O)Nc2ccccc2Cl)c1. The molecule has 28 heavy (non-hydrogen) atoms. The molecule has 0 bridgehead atoms. The topological polar surface area (TPSA) is 80.3 Å². The molecule has 1 heterocycles. The van der Waals surface area contributed by atoms with Gasteiger partial charge in [0, 0.05) is 12.4 Å². The third-order valence-electron chi connectivity index (χ3n) is 3.82. The van der Waals surface area contributed by atoms with Crippen LogP contribution in [0.2, 0.25) is 5.02 Å². The van der Waals surface area contributed by atoms with Gasteiger partial charge >= 0.3 is 0 Å². The molecule has 2 N–H and O–H groups in total. The number of halogens is 1. The number of carbonyl (C=O) groups is 2. The predicted octanol–water partition coefficient (Wildman–Crippen LogP) is 4.64. The zero-order valence-electron chi connectivity index (χ0n) is 15.1. The van der Waals surface area contributed by atoms with Crippen LogP contribution in [0.3, 0.4) is 0 Å². The maximum Gasteiger partial charge on any atom is 0.257 e. The van der Waals surface area contributed by atoms with E-state index < -0.39 is 11.8 Å². The summed E-state index contributed by atoms with van der Waals surface area (Å²) in [5.74, 6) is -0.240. The zero-order valence-corrected chi connectivity index (χ0v) is 15.9. The number of para-hydroxylation sites is 3. The second kappa shape index (κ2) is 9.01. The maximum absolute atomic E-state index is 12.6. The van der Waals surface area contributed by atoms with Crippen molar-refractivity contribution in [3.8, 4) is 5.75 Å². The lowest BCUT2D eigenvalue weighted by Crippen LogP contribution is -2.16. The Kier molecular flexibility index (Phi) is 6.24. The molecule has 0 unspecified atom stereocenters. The molecule has 0 fully saturated rings. The minimum absolute atomic E-state index is 0.241. The summed E-state index contributed by atoms with van der Waals surface area (Å²) in [6, 6.07) is 15.5. The zero-order chi connectivity index (χ0) is 19.9. The number of hydrogen-bond acceptors (Lipinski definition) is 4. The predicted molar refractivity (Wildman–Crippen MR) is 109 cm³/mol. The van der Waals surface area contributed by atoms with E-state index in [4.69, 9.17) is 16.3 Å². The molecule has 3 rings (SSSR count). The lowest BCUT2D eigenvalue weighted by molar-refractivity contribution is 0.102. The van der Waals surface area contributed by atoms with Gasteiger partial charge in [0.15, 0.2) is 0 Å². The van der Waals surface area contributed by atoms with Gasteiger partial charge in [-0.3, -0.25) is 14.6 Å². The third-order valence-corrected chi connectivity index (χ3v) is 4.15. The molecule has 0 aliphatic heterocycles. The number of benzene rings is 2. The van der Waals surface area contributed by atoms with Crippen molar-refractivity contribution in [3.05, 3.63) is 83.1 Å². The number of pyridine rings is 1. The van der Waals surface area contributed by atoms with Crippen LogP contribution in [0.15, 0.2) is 67.0 Å². The van der Waals surface area contributed by atoms with Gasteiger partial charge in [-0.1, -0.05) is 35.9 Å². The molecule has 0 saturated carbocycles. The standard InChI is InChI=1S/C21H18ClN3O3/c1-2-28-19-10-6-5-9-18(19)25-21(27)15-11-14(12-23-13-15)20(26)24-17-8-4-3-7-16(17)22/h3-13H,2H2,1H3,(H,24,26)(H,25,27). The Hall–Kier alpha value is -3.38. The van der Waals surface area contributed by atoms with Crippen molar-refractivity contribution in [1.82, 2.24) is 4.98 Å². The minimum atomic E-state index is -0.412. The van der Waals surface area contributed by atoms with E-state index >= 15 is 0 Å². The molecule has 2 amide bonds. The molecule has 6 nitrogen and oxygen atoms in total. The lowest BCUT2D eigenvalue weighted by atomic mass is 10.1. The van der Waals surface area contributed by atoms with Crippen LogP contribution in [-0.2, 0) is 0 Å². The highest BCUT2D eigenvalue weighted by molar-refractivity contribution is 6.33. The molecule has 1 aromatic heterocycles. The van der Waals surface area contributed by atoms with E-state index in [0.717, 1.165) is 0 Å². The first-order valence-electron chi connectivity index (χ1n) is 8.62. The normalized spacial score (nSPS) is 10.2. The van der Waals surface area contributed by atoms with E-state index in [-0.39, 0.29) is 11.1 Å². The largest absolute Gasteiger partial charge is 0.492 e. The molecule has 142 valence electrons. The monoisotopic (exact) mass is 395 g/mol. The number of anilines is 2. The Bertz CT molecular complexity index is 1010. The molecule has 0 radical (unpaired) electrons. The van der Waals surface area contributed by atoms with E-state index in [9.17, 15) is 9.59 Å². The van der Waals surface area contributed by atoms with Gasteiger partial charge < -0.3 is 15.4 Å². The summed E-state index contributed by atoms with van der Waals surface area (Å²) in [6.45, 7) is 2.34. The van der Waals surface area contributed by atoms with Gasteiger partial charge in [-0.05, 0) is 37.3 Å². The Balaban J connectivity index is 1.76. The van der Waals surface area contributed by atoms with Crippen LogP contribution >= 0.6 is 11.6 Å². The first-order valence-corrected chi connectivity index (χ1v) is 9.00. The number of nitrogens with zero attached hydrogens (tertiary/aromatic N) is 1. The molecule has 0 aliphatic rings. The van der Waals surface area contributed by atoms with Gasteiger partial charge in [0.05, 0.1) is 34.1 Å². The Morgan fingerprint density at radius 2 is 1.50 bits per heavy atom. The highest BCUT2D eigenvalue weighted by Gasteiger charge is 2.14. The quantitative estimate of drug-likeness (QED) is 0.637. The fourth-order valence-electron chi connectivity index (χ4n) is 2.49. The first-order chi connectivity index (χ1) is 13.6. The molecular weight excluding hydrogens is 378 g/mol. The molecule has 0 aliphatic carbocycles. The Morgan fingerprint density at radius 3 is 2.14 bits per heavy atom. The Morgan fingerprint density at radius 1 is 0.929 bits per heavy atom. The number of hydrogen-bond donors (Lipinski definition) is 2. The van der Waals surface area contributed by atoms with Crippen molar-refractivity contribution in [1.29, 1.82) is 0 Å². The van der Waals surface area contributed by atoms with E-state index in [1.54, 1.807) is 42.5 Å². The van der Waals surface area contributed by atoms with Crippen molar-refractivity contribution >= 4 is 34.8 Å². The summed E-state index contributed by atoms with van der Waals surface area (Å²) in [4.78, 5) is 29.1. The highest BCUT2D eigenvalue weighted by atomic mass is 35.5. The number of rotatable bonds is 6. The van der Waals surface area contributed by atoms with Crippen molar-refractivity contribution in [2.24, 2.45) is 0 Å². The van der Waals surface area contributed by atoms with Crippen LogP contribution in [0.4, 0.5) is 11.4 Å². The molecule has 2 aromatic carbocycles. The van der Waals surface area contributed by atoms with Gasteiger partial charge in [0.25, 0.3) is 11.8 Å². The van der Waals surface area contributed by atoms with E-state index in [0.29, 0.717) is 28.8 Å².